The van der Waals surface area contributed by atoms with Crippen LogP contribution in [-0.2, 0) is 14.8 Å². The Balaban J connectivity index is 2.00. The van der Waals surface area contributed by atoms with Gasteiger partial charge in [0.15, 0.2) is 10.2 Å². The van der Waals surface area contributed by atoms with E-state index >= 15 is 0 Å². The molecule has 0 saturated carbocycles. The zero-order valence-corrected chi connectivity index (χ0v) is 13.8. The number of aromatic nitrogens is 2. The molecule has 1 fully saturated rings. The second kappa shape index (κ2) is 6.16. The molecule has 1 aliphatic heterocycles. The Kier molecular flexibility index (Phi) is 4.40. The van der Waals surface area contributed by atoms with Crippen LogP contribution in [0, 0.1) is 0 Å². The molecule has 1 saturated heterocycles. The molecule has 1 unspecified atom stereocenters. The molecule has 2 aromatic heterocycles. The van der Waals surface area contributed by atoms with Crippen molar-refractivity contribution in [2.24, 2.45) is 0 Å². The quantitative estimate of drug-likeness (QED) is 0.856. The van der Waals surface area contributed by atoms with Crippen LogP contribution < -0.4 is 0 Å². The van der Waals surface area contributed by atoms with Crippen LogP contribution >= 0.6 is 11.6 Å². The number of methoxy groups -OCH3 is 1. The van der Waals surface area contributed by atoms with Gasteiger partial charge in [-0.15, -0.1) is 0 Å². The molecule has 120 valence electrons. The van der Waals surface area contributed by atoms with E-state index in [1.54, 1.807) is 31.5 Å². The maximum atomic E-state index is 13.0. The first-order valence-electron chi connectivity index (χ1n) is 7.19. The largest absolute Gasteiger partial charge is 0.381 e. The molecular weight excluding hydrogens is 326 g/mol. The van der Waals surface area contributed by atoms with Crippen LogP contribution in [0.1, 0.15) is 19.3 Å². The van der Waals surface area contributed by atoms with Crippen LogP contribution in [0.3, 0.4) is 0 Å². The van der Waals surface area contributed by atoms with Crippen molar-refractivity contribution in [2.45, 2.75) is 30.4 Å². The summed E-state index contributed by atoms with van der Waals surface area (Å²) in [5.74, 6) is 0. The van der Waals surface area contributed by atoms with Gasteiger partial charge in [0, 0.05) is 26.4 Å². The lowest BCUT2D eigenvalue weighted by molar-refractivity contribution is 0.0916. The summed E-state index contributed by atoms with van der Waals surface area (Å²) in [5, 5.41) is 0.0550. The van der Waals surface area contributed by atoms with Crippen molar-refractivity contribution in [1.82, 2.24) is 13.7 Å². The molecule has 1 atom stereocenters. The summed E-state index contributed by atoms with van der Waals surface area (Å²) in [5.41, 5.74) is 0.524. The fourth-order valence-corrected chi connectivity index (χ4v) is 4.90. The molecule has 8 heteroatoms. The second-order valence-electron chi connectivity index (χ2n) is 5.33. The third-order valence-electron chi connectivity index (χ3n) is 4.00. The first-order valence-corrected chi connectivity index (χ1v) is 9.01. The molecule has 0 spiro atoms. The van der Waals surface area contributed by atoms with E-state index in [9.17, 15) is 8.42 Å². The van der Waals surface area contributed by atoms with Crippen molar-refractivity contribution in [2.75, 3.05) is 20.2 Å². The average Bonchev–Trinajstić information content (AvgIpc) is 2.69. The minimum absolute atomic E-state index is 0.0127. The number of rotatable bonds is 3. The summed E-state index contributed by atoms with van der Waals surface area (Å²) < 4.78 is 34.3. The standard InChI is InChI=1S/C14H18ClN3O3S/c1-21-11-5-4-8-17(10-7-11)22(19,20)14-13(15)16-12-6-2-3-9-18(12)14/h2-3,6,9,11H,4-5,7-8,10H2,1H3. The van der Waals surface area contributed by atoms with Gasteiger partial charge in [0.2, 0.25) is 0 Å². The Morgan fingerprint density at radius 2 is 2.14 bits per heavy atom. The van der Waals surface area contributed by atoms with Crippen LogP contribution in [-0.4, -0.2) is 48.4 Å². The highest BCUT2D eigenvalue weighted by Crippen LogP contribution is 2.27. The molecule has 3 rings (SSSR count). The van der Waals surface area contributed by atoms with Crippen LogP contribution in [0.25, 0.3) is 5.65 Å². The zero-order chi connectivity index (χ0) is 15.7. The first-order chi connectivity index (χ1) is 10.5. The number of nitrogens with zero attached hydrogens (tertiary/aromatic N) is 3. The van der Waals surface area contributed by atoms with Gasteiger partial charge in [0.1, 0.15) is 5.65 Å². The summed E-state index contributed by atoms with van der Waals surface area (Å²) in [6.45, 7) is 0.899. The monoisotopic (exact) mass is 343 g/mol. The van der Waals surface area contributed by atoms with Gasteiger partial charge < -0.3 is 4.74 Å². The molecule has 1 aliphatic rings. The Morgan fingerprint density at radius 1 is 1.32 bits per heavy atom. The number of ether oxygens (including phenoxy) is 1. The number of halogens is 1. The molecule has 0 aromatic carbocycles. The molecule has 0 radical (unpaired) electrons. The Hall–Kier alpha value is -1.15. The number of pyridine rings is 1. The smallest absolute Gasteiger partial charge is 0.262 e. The van der Waals surface area contributed by atoms with E-state index in [4.69, 9.17) is 16.3 Å². The zero-order valence-electron chi connectivity index (χ0n) is 12.3. The molecule has 0 amide bonds. The number of hydrogen-bond donors (Lipinski definition) is 0. The normalized spacial score (nSPS) is 21.1. The number of fused-ring (bicyclic) bond motifs is 1. The van der Waals surface area contributed by atoms with Gasteiger partial charge >= 0.3 is 0 Å². The molecule has 0 N–H and O–H groups in total. The molecular formula is C14H18ClN3O3S. The van der Waals surface area contributed by atoms with Crippen molar-refractivity contribution in [3.63, 3.8) is 0 Å². The van der Waals surface area contributed by atoms with Crippen LogP contribution in [0.15, 0.2) is 29.4 Å². The van der Waals surface area contributed by atoms with Gasteiger partial charge in [-0.25, -0.2) is 13.4 Å². The Morgan fingerprint density at radius 3 is 2.91 bits per heavy atom. The van der Waals surface area contributed by atoms with Gasteiger partial charge in [-0.05, 0) is 31.4 Å². The second-order valence-corrected chi connectivity index (χ2v) is 7.54. The van der Waals surface area contributed by atoms with E-state index in [1.807, 2.05) is 0 Å². The Bertz CT molecular complexity index is 775. The van der Waals surface area contributed by atoms with Crippen LogP contribution in [0.2, 0.25) is 5.15 Å². The van der Waals surface area contributed by atoms with Crippen molar-refractivity contribution in [1.29, 1.82) is 0 Å². The predicted molar refractivity (Wildman–Crippen MR) is 83.6 cm³/mol. The lowest BCUT2D eigenvalue weighted by Crippen LogP contribution is -2.33. The summed E-state index contributed by atoms with van der Waals surface area (Å²) in [6.07, 6.45) is 4.09. The Labute approximate surface area is 134 Å². The summed E-state index contributed by atoms with van der Waals surface area (Å²) >= 11 is 6.11. The molecule has 2 aromatic rings. The highest BCUT2D eigenvalue weighted by Gasteiger charge is 2.32. The van der Waals surface area contributed by atoms with Gasteiger partial charge in [0.05, 0.1) is 6.10 Å². The maximum Gasteiger partial charge on any atom is 0.262 e. The lowest BCUT2D eigenvalue weighted by atomic mass is 10.2. The first kappa shape index (κ1) is 15.7. The molecule has 22 heavy (non-hydrogen) atoms. The van der Waals surface area contributed by atoms with E-state index in [0.717, 1.165) is 12.8 Å². The van der Waals surface area contributed by atoms with E-state index in [0.29, 0.717) is 25.2 Å². The molecule has 0 aliphatic carbocycles. The maximum absolute atomic E-state index is 13.0. The summed E-state index contributed by atoms with van der Waals surface area (Å²) in [7, 11) is -2.02. The fraction of sp³-hybridized carbons (Fsp3) is 0.500. The number of imidazole rings is 1. The lowest BCUT2D eigenvalue weighted by Gasteiger charge is -2.19. The van der Waals surface area contributed by atoms with Crippen molar-refractivity contribution in [3.05, 3.63) is 29.5 Å². The topological polar surface area (TPSA) is 63.9 Å². The van der Waals surface area contributed by atoms with Crippen molar-refractivity contribution < 1.29 is 13.2 Å². The highest BCUT2D eigenvalue weighted by molar-refractivity contribution is 7.89. The van der Waals surface area contributed by atoms with Crippen molar-refractivity contribution in [3.8, 4) is 0 Å². The minimum atomic E-state index is -3.68. The van der Waals surface area contributed by atoms with E-state index in [2.05, 4.69) is 4.98 Å². The predicted octanol–water partition coefficient (Wildman–Crippen LogP) is 2.18. The number of hydrogen-bond acceptors (Lipinski definition) is 4. The fourth-order valence-electron chi connectivity index (χ4n) is 2.81. The summed E-state index contributed by atoms with van der Waals surface area (Å²) in [4.78, 5) is 4.13. The minimum Gasteiger partial charge on any atom is -0.381 e. The van der Waals surface area contributed by atoms with E-state index in [-0.39, 0.29) is 16.3 Å². The van der Waals surface area contributed by atoms with Gasteiger partial charge in [-0.1, -0.05) is 17.7 Å². The van der Waals surface area contributed by atoms with Gasteiger partial charge in [0.25, 0.3) is 10.0 Å². The summed E-state index contributed by atoms with van der Waals surface area (Å²) in [6, 6.07) is 5.28. The number of sulfonamides is 1. The third kappa shape index (κ3) is 2.74. The van der Waals surface area contributed by atoms with Gasteiger partial charge in [-0.2, -0.15) is 4.31 Å². The van der Waals surface area contributed by atoms with Crippen LogP contribution in [0.5, 0.6) is 0 Å². The molecule has 3 heterocycles. The van der Waals surface area contributed by atoms with Gasteiger partial charge in [-0.3, -0.25) is 4.40 Å². The molecule has 6 nitrogen and oxygen atoms in total. The highest BCUT2D eigenvalue weighted by atomic mass is 35.5. The third-order valence-corrected chi connectivity index (χ3v) is 6.30. The van der Waals surface area contributed by atoms with E-state index < -0.39 is 10.0 Å². The van der Waals surface area contributed by atoms with E-state index in [1.165, 1.54) is 8.71 Å². The SMILES string of the molecule is COC1CCCN(S(=O)(=O)c2c(Cl)nc3ccccn23)CC1. The average molecular weight is 344 g/mol. The van der Waals surface area contributed by atoms with Crippen molar-refractivity contribution >= 4 is 27.3 Å². The van der Waals surface area contributed by atoms with Crippen LogP contribution in [0.4, 0.5) is 0 Å². The molecule has 0 bridgehead atoms.